The highest BCUT2D eigenvalue weighted by Crippen LogP contribution is 2.28. The van der Waals surface area contributed by atoms with Crippen LogP contribution in [0.3, 0.4) is 0 Å². The van der Waals surface area contributed by atoms with Crippen molar-refractivity contribution in [1.82, 2.24) is 0 Å². The summed E-state index contributed by atoms with van der Waals surface area (Å²) in [5.41, 5.74) is 1.01. The number of nitrogens with one attached hydrogen (secondary N) is 1. The second kappa shape index (κ2) is 5.76. The lowest BCUT2D eigenvalue weighted by atomic mass is 10.3. The van der Waals surface area contributed by atoms with Crippen LogP contribution in [0.15, 0.2) is 34.1 Å². The molecule has 2 aromatic rings. The molecule has 0 aliphatic carbocycles. The first-order chi connectivity index (χ1) is 8.19. The lowest BCUT2D eigenvalue weighted by Crippen LogP contribution is -1.98. The van der Waals surface area contributed by atoms with E-state index in [0.29, 0.717) is 0 Å². The number of rotatable bonds is 4. The maximum absolute atomic E-state index is 5.87. The van der Waals surface area contributed by atoms with E-state index in [4.69, 9.17) is 16.3 Å². The number of benzene rings is 1. The van der Waals surface area contributed by atoms with Crippen molar-refractivity contribution in [2.75, 3.05) is 12.4 Å². The molecule has 1 heterocycles. The van der Waals surface area contributed by atoms with Crippen LogP contribution in [0, 0.1) is 0 Å². The topological polar surface area (TPSA) is 21.3 Å². The SMILES string of the molecule is COc1ccc(Br)c(NCc2cc(Cl)cs2)c1. The molecule has 0 unspecified atom stereocenters. The van der Waals surface area contributed by atoms with Crippen LogP contribution in [0.5, 0.6) is 5.75 Å². The molecule has 0 aliphatic rings. The van der Waals surface area contributed by atoms with Crippen molar-refractivity contribution in [2.45, 2.75) is 6.54 Å². The van der Waals surface area contributed by atoms with E-state index in [1.165, 1.54) is 4.88 Å². The lowest BCUT2D eigenvalue weighted by molar-refractivity contribution is 0.415. The van der Waals surface area contributed by atoms with Crippen molar-refractivity contribution < 1.29 is 4.74 Å². The molecule has 0 amide bonds. The van der Waals surface area contributed by atoms with Gasteiger partial charge in [0.2, 0.25) is 0 Å². The Morgan fingerprint density at radius 3 is 2.88 bits per heavy atom. The highest BCUT2D eigenvalue weighted by Gasteiger charge is 2.03. The minimum Gasteiger partial charge on any atom is -0.497 e. The zero-order valence-electron chi connectivity index (χ0n) is 9.17. The van der Waals surface area contributed by atoms with E-state index in [2.05, 4.69) is 21.2 Å². The zero-order chi connectivity index (χ0) is 12.3. The van der Waals surface area contributed by atoms with E-state index >= 15 is 0 Å². The molecule has 2 rings (SSSR count). The van der Waals surface area contributed by atoms with E-state index in [9.17, 15) is 0 Å². The normalized spacial score (nSPS) is 10.3. The third-order valence-electron chi connectivity index (χ3n) is 2.25. The molecule has 0 radical (unpaired) electrons. The Labute approximate surface area is 118 Å². The van der Waals surface area contributed by atoms with Gasteiger partial charge in [0.25, 0.3) is 0 Å². The van der Waals surface area contributed by atoms with Crippen LogP contribution in [-0.4, -0.2) is 7.11 Å². The van der Waals surface area contributed by atoms with Gasteiger partial charge in [0.15, 0.2) is 0 Å². The molecule has 0 aliphatic heterocycles. The van der Waals surface area contributed by atoms with Crippen LogP contribution in [0.25, 0.3) is 0 Å². The van der Waals surface area contributed by atoms with E-state index in [0.717, 1.165) is 27.5 Å². The predicted molar refractivity (Wildman–Crippen MR) is 77.3 cm³/mol. The highest BCUT2D eigenvalue weighted by molar-refractivity contribution is 9.10. The minimum absolute atomic E-state index is 0.753. The summed E-state index contributed by atoms with van der Waals surface area (Å²) in [5, 5.41) is 6.06. The second-order valence-electron chi connectivity index (χ2n) is 3.43. The van der Waals surface area contributed by atoms with Gasteiger partial charge in [-0.3, -0.25) is 0 Å². The average molecular weight is 333 g/mol. The predicted octanol–water partition coefficient (Wildman–Crippen LogP) is 4.78. The van der Waals surface area contributed by atoms with Gasteiger partial charge in [-0.15, -0.1) is 11.3 Å². The first kappa shape index (κ1) is 12.7. The summed E-state index contributed by atoms with van der Waals surface area (Å²) in [5.74, 6) is 0.833. The Balaban J connectivity index is 2.07. The van der Waals surface area contributed by atoms with Crippen molar-refractivity contribution in [3.63, 3.8) is 0 Å². The van der Waals surface area contributed by atoms with Crippen LogP contribution < -0.4 is 10.1 Å². The molecule has 0 spiro atoms. The highest BCUT2D eigenvalue weighted by atomic mass is 79.9. The molecule has 0 saturated heterocycles. The fourth-order valence-corrected chi connectivity index (χ4v) is 2.80. The van der Waals surface area contributed by atoms with E-state index in [1.54, 1.807) is 18.4 Å². The first-order valence-electron chi connectivity index (χ1n) is 4.99. The molecule has 2 nitrogen and oxygen atoms in total. The van der Waals surface area contributed by atoms with Crippen LogP contribution in [0.1, 0.15) is 4.88 Å². The Morgan fingerprint density at radius 1 is 1.41 bits per heavy atom. The molecule has 0 fully saturated rings. The van der Waals surface area contributed by atoms with Gasteiger partial charge in [-0.05, 0) is 34.1 Å². The fourth-order valence-electron chi connectivity index (χ4n) is 1.40. The fraction of sp³-hybridized carbons (Fsp3) is 0.167. The maximum atomic E-state index is 5.87. The monoisotopic (exact) mass is 331 g/mol. The largest absolute Gasteiger partial charge is 0.497 e. The first-order valence-corrected chi connectivity index (χ1v) is 7.04. The number of anilines is 1. The van der Waals surface area contributed by atoms with Gasteiger partial charge in [0.05, 0.1) is 17.8 Å². The molecule has 5 heteroatoms. The van der Waals surface area contributed by atoms with Crippen LogP contribution in [-0.2, 0) is 6.54 Å². The molecule has 1 aromatic heterocycles. The third kappa shape index (κ3) is 3.37. The zero-order valence-corrected chi connectivity index (χ0v) is 12.3. The summed E-state index contributed by atoms with van der Waals surface area (Å²) in [7, 11) is 1.66. The van der Waals surface area contributed by atoms with Gasteiger partial charge >= 0.3 is 0 Å². The molecule has 0 atom stereocenters. The van der Waals surface area contributed by atoms with Gasteiger partial charge in [-0.2, -0.15) is 0 Å². The Hall–Kier alpha value is -0.710. The summed E-state index contributed by atoms with van der Waals surface area (Å²) >= 11 is 11.0. The number of halogens is 2. The van der Waals surface area contributed by atoms with E-state index in [-0.39, 0.29) is 0 Å². The molecular formula is C12H11BrClNOS. The Bertz CT molecular complexity index is 515. The van der Waals surface area contributed by atoms with Crippen molar-refractivity contribution in [3.05, 3.63) is 44.0 Å². The quantitative estimate of drug-likeness (QED) is 0.869. The standard InChI is InChI=1S/C12H11BrClNOS/c1-16-9-2-3-11(13)12(5-9)15-6-10-4-8(14)7-17-10/h2-5,7,15H,6H2,1H3. The minimum atomic E-state index is 0.753. The Kier molecular flexibility index (Phi) is 4.31. The summed E-state index contributed by atoms with van der Waals surface area (Å²) in [6, 6.07) is 7.80. The third-order valence-corrected chi connectivity index (χ3v) is 4.22. The van der Waals surface area contributed by atoms with Crippen LogP contribution in [0.2, 0.25) is 5.02 Å². The van der Waals surface area contributed by atoms with Gasteiger partial charge in [0, 0.05) is 27.3 Å². The van der Waals surface area contributed by atoms with Gasteiger partial charge in [0.1, 0.15) is 5.75 Å². The van der Waals surface area contributed by atoms with Crippen molar-refractivity contribution in [2.24, 2.45) is 0 Å². The number of methoxy groups -OCH3 is 1. The molecule has 0 saturated carbocycles. The average Bonchev–Trinajstić information content (AvgIpc) is 2.74. The molecule has 0 bridgehead atoms. The van der Waals surface area contributed by atoms with Crippen LogP contribution >= 0.6 is 38.9 Å². The van der Waals surface area contributed by atoms with Crippen molar-refractivity contribution in [3.8, 4) is 5.75 Å². The van der Waals surface area contributed by atoms with Crippen LogP contribution in [0.4, 0.5) is 5.69 Å². The molecule has 17 heavy (non-hydrogen) atoms. The smallest absolute Gasteiger partial charge is 0.121 e. The number of hydrogen-bond donors (Lipinski definition) is 1. The summed E-state index contributed by atoms with van der Waals surface area (Å²) in [6.07, 6.45) is 0. The molecule has 90 valence electrons. The molecular weight excluding hydrogens is 322 g/mol. The summed E-state index contributed by atoms with van der Waals surface area (Å²) < 4.78 is 6.20. The Morgan fingerprint density at radius 2 is 2.24 bits per heavy atom. The number of hydrogen-bond acceptors (Lipinski definition) is 3. The van der Waals surface area contributed by atoms with E-state index in [1.807, 2.05) is 29.6 Å². The van der Waals surface area contributed by atoms with Crippen molar-refractivity contribution in [1.29, 1.82) is 0 Å². The second-order valence-corrected chi connectivity index (χ2v) is 5.72. The molecule has 1 N–H and O–H groups in total. The number of ether oxygens (including phenoxy) is 1. The maximum Gasteiger partial charge on any atom is 0.121 e. The number of thiophene rings is 1. The van der Waals surface area contributed by atoms with Crippen molar-refractivity contribution >= 4 is 44.6 Å². The van der Waals surface area contributed by atoms with Gasteiger partial charge in [-0.1, -0.05) is 11.6 Å². The lowest BCUT2D eigenvalue weighted by Gasteiger charge is -2.09. The van der Waals surface area contributed by atoms with Gasteiger partial charge < -0.3 is 10.1 Å². The van der Waals surface area contributed by atoms with E-state index < -0.39 is 0 Å². The summed E-state index contributed by atoms with van der Waals surface area (Å²) in [4.78, 5) is 1.20. The molecule has 1 aromatic carbocycles. The summed E-state index contributed by atoms with van der Waals surface area (Å²) in [6.45, 7) is 0.753. The van der Waals surface area contributed by atoms with Gasteiger partial charge in [-0.25, -0.2) is 0 Å².